The summed E-state index contributed by atoms with van der Waals surface area (Å²) >= 11 is 0. The lowest BCUT2D eigenvalue weighted by molar-refractivity contribution is 0.504. The minimum absolute atomic E-state index is 0.410. The topological polar surface area (TPSA) is 52.0 Å². The predicted octanol–water partition coefficient (Wildman–Crippen LogP) is 3.07. The summed E-state index contributed by atoms with van der Waals surface area (Å²) < 4.78 is 53.7. The lowest BCUT2D eigenvalue weighted by atomic mass is 10.0. The summed E-state index contributed by atoms with van der Waals surface area (Å²) in [6, 6.07) is 4.28. The van der Waals surface area contributed by atoms with Crippen molar-refractivity contribution in [2.24, 2.45) is 0 Å². The van der Waals surface area contributed by atoms with E-state index in [1.54, 1.807) is 0 Å². The van der Waals surface area contributed by atoms with E-state index in [1.165, 1.54) is 0 Å². The van der Waals surface area contributed by atoms with Crippen LogP contribution in [0.1, 0.15) is 0 Å². The zero-order valence-corrected chi connectivity index (χ0v) is 8.98. The molecule has 0 aliphatic carbocycles. The van der Waals surface area contributed by atoms with Crippen LogP contribution in [-0.4, -0.2) is 0 Å². The van der Waals surface area contributed by atoms with Gasteiger partial charge in [0.05, 0.1) is 11.4 Å². The van der Waals surface area contributed by atoms with Crippen LogP contribution >= 0.6 is 0 Å². The lowest BCUT2D eigenvalue weighted by Gasteiger charge is -2.08. The Balaban J connectivity index is 2.71. The van der Waals surface area contributed by atoms with Gasteiger partial charge in [0, 0.05) is 11.1 Å². The summed E-state index contributed by atoms with van der Waals surface area (Å²) in [7, 11) is 0. The largest absolute Gasteiger partial charge is 0.396 e. The predicted molar refractivity (Wildman–Crippen MR) is 60.5 cm³/mol. The molecule has 2 nitrogen and oxygen atoms in total. The number of hydrogen-bond donors (Lipinski definition) is 2. The molecule has 94 valence electrons. The molecule has 0 aromatic heterocycles. The molecule has 6 heteroatoms. The first-order valence-corrected chi connectivity index (χ1v) is 4.90. The van der Waals surface area contributed by atoms with E-state index in [1.807, 2.05) is 0 Å². The highest BCUT2D eigenvalue weighted by Gasteiger charge is 2.19. The average molecular weight is 256 g/mol. The molecular formula is C12H8F4N2. The van der Waals surface area contributed by atoms with E-state index in [9.17, 15) is 17.6 Å². The summed E-state index contributed by atoms with van der Waals surface area (Å²) in [4.78, 5) is 0. The van der Waals surface area contributed by atoms with Gasteiger partial charge < -0.3 is 11.5 Å². The first kappa shape index (κ1) is 12.2. The highest BCUT2D eigenvalue weighted by atomic mass is 19.2. The standard InChI is InChI=1S/C12H8F4N2/c13-9-5(1-3-7(17)11(9)15)6-2-4-8(18)12(16)10(6)14/h1-4H,17-18H2. The SMILES string of the molecule is Nc1ccc(-c2ccc(N)c(F)c2F)c(F)c1F. The number of rotatable bonds is 1. The van der Waals surface area contributed by atoms with Gasteiger partial charge in [-0.2, -0.15) is 0 Å². The third kappa shape index (κ3) is 1.75. The van der Waals surface area contributed by atoms with Crippen LogP contribution in [0.5, 0.6) is 0 Å². The number of nitrogen functional groups attached to an aromatic ring is 2. The van der Waals surface area contributed by atoms with Gasteiger partial charge in [-0.05, 0) is 24.3 Å². The third-order valence-corrected chi connectivity index (χ3v) is 2.51. The summed E-state index contributed by atoms with van der Waals surface area (Å²) in [5.74, 6) is -5.27. The maximum Gasteiger partial charge on any atom is 0.182 e. The van der Waals surface area contributed by atoms with Crippen molar-refractivity contribution in [2.75, 3.05) is 11.5 Å². The van der Waals surface area contributed by atoms with E-state index in [4.69, 9.17) is 11.5 Å². The summed E-state index contributed by atoms with van der Waals surface area (Å²) in [5, 5.41) is 0. The molecule has 0 amide bonds. The van der Waals surface area contributed by atoms with Crippen LogP contribution < -0.4 is 11.5 Å². The van der Waals surface area contributed by atoms with Gasteiger partial charge >= 0.3 is 0 Å². The Morgan fingerprint density at radius 1 is 0.556 bits per heavy atom. The molecule has 0 atom stereocenters. The Morgan fingerprint density at radius 2 is 0.889 bits per heavy atom. The van der Waals surface area contributed by atoms with E-state index < -0.39 is 45.8 Å². The van der Waals surface area contributed by atoms with E-state index >= 15 is 0 Å². The first-order valence-electron chi connectivity index (χ1n) is 4.90. The van der Waals surface area contributed by atoms with Crippen LogP contribution in [0.3, 0.4) is 0 Å². The van der Waals surface area contributed by atoms with Crippen LogP contribution in [-0.2, 0) is 0 Å². The minimum Gasteiger partial charge on any atom is -0.396 e. The molecule has 0 heterocycles. The Kier molecular flexibility index (Phi) is 2.86. The number of benzene rings is 2. The van der Waals surface area contributed by atoms with E-state index in [-0.39, 0.29) is 0 Å². The molecule has 0 unspecified atom stereocenters. The van der Waals surface area contributed by atoms with Crippen LogP contribution in [0.25, 0.3) is 11.1 Å². The highest BCUT2D eigenvalue weighted by molar-refractivity contribution is 5.69. The van der Waals surface area contributed by atoms with Crippen LogP contribution in [0.2, 0.25) is 0 Å². The van der Waals surface area contributed by atoms with Crippen molar-refractivity contribution < 1.29 is 17.6 Å². The van der Waals surface area contributed by atoms with Gasteiger partial charge in [0.1, 0.15) is 0 Å². The second-order valence-corrected chi connectivity index (χ2v) is 3.66. The molecule has 0 bridgehead atoms. The third-order valence-electron chi connectivity index (χ3n) is 2.51. The zero-order valence-electron chi connectivity index (χ0n) is 8.98. The maximum atomic E-state index is 13.6. The van der Waals surface area contributed by atoms with E-state index in [0.717, 1.165) is 24.3 Å². The van der Waals surface area contributed by atoms with Crippen LogP contribution in [0.15, 0.2) is 24.3 Å². The molecule has 0 aliphatic heterocycles. The molecule has 2 rings (SSSR count). The second-order valence-electron chi connectivity index (χ2n) is 3.66. The van der Waals surface area contributed by atoms with Crippen molar-refractivity contribution in [3.63, 3.8) is 0 Å². The fourth-order valence-electron chi connectivity index (χ4n) is 1.54. The Morgan fingerprint density at radius 3 is 1.22 bits per heavy atom. The van der Waals surface area contributed by atoms with Crippen molar-refractivity contribution in [1.29, 1.82) is 0 Å². The number of anilines is 2. The smallest absolute Gasteiger partial charge is 0.182 e. The highest BCUT2D eigenvalue weighted by Crippen LogP contribution is 2.31. The molecule has 0 radical (unpaired) electrons. The maximum absolute atomic E-state index is 13.6. The molecule has 0 fully saturated rings. The fourth-order valence-corrected chi connectivity index (χ4v) is 1.54. The normalized spacial score (nSPS) is 10.7. The average Bonchev–Trinajstić information content (AvgIpc) is 2.35. The van der Waals surface area contributed by atoms with Crippen LogP contribution in [0.4, 0.5) is 28.9 Å². The quantitative estimate of drug-likeness (QED) is 0.608. The van der Waals surface area contributed by atoms with Crippen molar-refractivity contribution in [2.45, 2.75) is 0 Å². The molecule has 18 heavy (non-hydrogen) atoms. The molecular weight excluding hydrogens is 248 g/mol. The Labute approximate surface area is 99.8 Å². The number of halogens is 4. The van der Waals surface area contributed by atoms with Crippen molar-refractivity contribution in [1.82, 2.24) is 0 Å². The second kappa shape index (κ2) is 4.21. The van der Waals surface area contributed by atoms with Gasteiger partial charge in [0.2, 0.25) is 0 Å². The van der Waals surface area contributed by atoms with Crippen molar-refractivity contribution in [3.05, 3.63) is 47.5 Å². The van der Waals surface area contributed by atoms with Gasteiger partial charge in [-0.15, -0.1) is 0 Å². The number of hydrogen-bond acceptors (Lipinski definition) is 2. The molecule has 0 saturated heterocycles. The summed E-state index contributed by atoms with van der Waals surface area (Å²) in [6.45, 7) is 0. The first-order chi connectivity index (χ1) is 8.43. The molecule has 4 N–H and O–H groups in total. The molecule has 0 aliphatic rings. The van der Waals surface area contributed by atoms with Gasteiger partial charge in [0.25, 0.3) is 0 Å². The van der Waals surface area contributed by atoms with Crippen LogP contribution in [0, 0.1) is 23.3 Å². The van der Waals surface area contributed by atoms with Crippen molar-refractivity contribution in [3.8, 4) is 11.1 Å². The molecule has 0 saturated carbocycles. The number of nitrogens with two attached hydrogens (primary N) is 2. The van der Waals surface area contributed by atoms with E-state index in [0.29, 0.717) is 0 Å². The summed E-state index contributed by atoms with van der Waals surface area (Å²) in [5.41, 5.74) is 8.66. The Bertz CT molecular complexity index is 570. The van der Waals surface area contributed by atoms with Gasteiger partial charge in [-0.3, -0.25) is 0 Å². The molecule has 2 aromatic rings. The lowest BCUT2D eigenvalue weighted by Crippen LogP contribution is -2.00. The van der Waals surface area contributed by atoms with E-state index in [2.05, 4.69) is 0 Å². The van der Waals surface area contributed by atoms with Gasteiger partial charge in [-0.1, -0.05) is 0 Å². The molecule has 2 aromatic carbocycles. The summed E-state index contributed by atoms with van der Waals surface area (Å²) in [6.07, 6.45) is 0. The van der Waals surface area contributed by atoms with Gasteiger partial charge in [0.15, 0.2) is 23.3 Å². The molecule has 0 spiro atoms. The van der Waals surface area contributed by atoms with Gasteiger partial charge in [-0.25, -0.2) is 17.6 Å². The zero-order chi connectivity index (χ0) is 13.4. The van der Waals surface area contributed by atoms with Crippen molar-refractivity contribution >= 4 is 11.4 Å². The monoisotopic (exact) mass is 256 g/mol. The fraction of sp³-hybridized carbons (Fsp3) is 0. The Hall–Kier alpha value is -2.24. The minimum atomic E-state index is -1.34.